The summed E-state index contributed by atoms with van der Waals surface area (Å²) < 4.78 is 12.2. The van der Waals surface area contributed by atoms with E-state index in [2.05, 4.69) is 4.98 Å². The summed E-state index contributed by atoms with van der Waals surface area (Å²) in [5, 5.41) is 0. The molecular formula is C21H24N2O3. The first kappa shape index (κ1) is 17.2. The van der Waals surface area contributed by atoms with Gasteiger partial charge in [-0.3, -0.25) is 9.78 Å². The molecule has 136 valence electrons. The molecule has 0 N–H and O–H groups in total. The predicted molar refractivity (Wildman–Crippen MR) is 97.7 cm³/mol. The fourth-order valence-corrected chi connectivity index (χ4v) is 3.92. The Hall–Kier alpha value is -2.24. The van der Waals surface area contributed by atoms with Crippen LogP contribution in [-0.4, -0.2) is 47.2 Å². The topological polar surface area (TPSA) is 51.7 Å². The molecule has 2 atom stereocenters. The van der Waals surface area contributed by atoms with Gasteiger partial charge in [0.05, 0.1) is 31.5 Å². The number of hydrogen-bond donors (Lipinski definition) is 0. The molecule has 1 spiro atoms. The standard InChI is InChI=1S/C21H24N2O3/c24-20(18-5-2-1-3-6-18)23-12-4-9-21(16-23)13-19(15-26-21)25-14-17-7-10-22-11-8-17/h1-3,5-8,10-11,19H,4,9,12-16H2/t19-,21-/m0/s1. The number of aromatic nitrogens is 1. The van der Waals surface area contributed by atoms with E-state index in [0.717, 1.165) is 36.9 Å². The van der Waals surface area contributed by atoms with Gasteiger partial charge in [0, 0.05) is 30.9 Å². The second-order valence-corrected chi connectivity index (χ2v) is 7.18. The van der Waals surface area contributed by atoms with Crippen LogP contribution >= 0.6 is 0 Å². The summed E-state index contributed by atoms with van der Waals surface area (Å²) in [6, 6.07) is 13.4. The van der Waals surface area contributed by atoms with E-state index >= 15 is 0 Å². The third-order valence-electron chi connectivity index (χ3n) is 5.26. The molecular weight excluding hydrogens is 328 g/mol. The van der Waals surface area contributed by atoms with Gasteiger partial charge in [-0.05, 0) is 42.7 Å². The van der Waals surface area contributed by atoms with Gasteiger partial charge in [0.25, 0.3) is 5.91 Å². The van der Waals surface area contributed by atoms with E-state index in [-0.39, 0.29) is 17.6 Å². The van der Waals surface area contributed by atoms with Gasteiger partial charge in [0.15, 0.2) is 0 Å². The second kappa shape index (κ2) is 7.56. The van der Waals surface area contributed by atoms with Crippen LogP contribution in [0, 0.1) is 0 Å². The van der Waals surface area contributed by atoms with Crippen molar-refractivity contribution < 1.29 is 14.3 Å². The Balaban J connectivity index is 1.36. The number of carbonyl (C=O) groups excluding carboxylic acids is 1. The van der Waals surface area contributed by atoms with E-state index in [4.69, 9.17) is 9.47 Å². The minimum Gasteiger partial charge on any atom is -0.371 e. The number of piperidine rings is 1. The first-order valence-electron chi connectivity index (χ1n) is 9.23. The zero-order valence-electron chi connectivity index (χ0n) is 14.8. The highest BCUT2D eigenvalue weighted by molar-refractivity contribution is 5.94. The molecule has 4 rings (SSSR count). The van der Waals surface area contributed by atoms with Crippen molar-refractivity contribution in [2.75, 3.05) is 19.7 Å². The van der Waals surface area contributed by atoms with Gasteiger partial charge in [0.1, 0.15) is 0 Å². The van der Waals surface area contributed by atoms with E-state index in [1.54, 1.807) is 12.4 Å². The number of amides is 1. The van der Waals surface area contributed by atoms with E-state index in [1.165, 1.54) is 0 Å². The lowest BCUT2D eigenvalue weighted by Gasteiger charge is -2.39. The summed E-state index contributed by atoms with van der Waals surface area (Å²) >= 11 is 0. The van der Waals surface area contributed by atoms with Crippen molar-refractivity contribution in [1.29, 1.82) is 0 Å². The maximum absolute atomic E-state index is 12.8. The van der Waals surface area contributed by atoms with Gasteiger partial charge in [-0.1, -0.05) is 18.2 Å². The van der Waals surface area contributed by atoms with Crippen LogP contribution in [0.1, 0.15) is 35.2 Å². The molecule has 5 heteroatoms. The van der Waals surface area contributed by atoms with Crippen molar-refractivity contribution in [2.24, 2.45) is 0 Å². The predicted octanol–water partition coefficient (Wildman–Crippen LogP) is 3.06. The Morgan fingerprint density at radius 1 is 1.23 bits per heavy atom. The molecule has 1 amide bonds. The molecule has 1 aromatic heterocycles. The summed E-state index contributed by atoms with van der Waals surface area (Å²) in [6.07, 6.45) is 6.43. The molecule has 1 aromatic carbocycles. The summed E-state index contributed by atoms with van der Waals surface area (Å²) in [6.45, 7) is 2.61. The first-order valence-corrected chi connectivity index (χ1v) is 9.23. The largest absolute Gasteiger partial charge is 0.371 e. The third kappa shape index (κ3) is 3.79. The van der Waals surface area contributed by atoms with Crippen LogP contribution in [0.5, 0.6) is 0 Å². The number of hydrogen-bond acceptors (Lipinski definition) is 4. The minimum atomic E-state index is -0.258. The lowest BCUT2D eigenvalue weighted by molar-refractivity contribution is -0.0466. The maximum Gasteiger partial charge on any atom is 0.253 e. The molecule has 0 bridgehead atoms. The average Bonchev–Trinajstić information content (AvgIpc) is 3.09. The normalized spacial score (nSPS) is 25.5. The van der Waals surface area contributed by atoms with Gasteiger partial charge in [0.2, 0.25) is 0 Å². The number of pyridine rings is 1. The van der Waals surface area contributed by atoms with Crippen LogP contribution in [0.25, 0.3) is 0 Å². The lowest BCUT2D eigenvalue weighted by atomic mass is 9.89. The smallest absolute Gasteiger partial charge is 0.253 e. The van der Waals surface area contributed by atoms with Crippen molar-refractivity contribution in [3.05, 3.63) is 66.0 Å². The van der Waals surface area contributed by atoms with Gasteiger partial charge < -0.3 is 14.4 Å². The van der Waals surface area contributed by atoms with Crippen molar-refractivity contribution in [3.63, 3.8) is 0 Å². The Kier molecular flexibility index (Phi) is 5.00. The van der Waals surface area contributed by atoms with Crippen molar-refractivity contribution >= 4 is 5.91 Å². The van der Waals surface area contributed by atoms with Crippen molar-refractivity contribution in [3.8, 4) is 0 Å². The summed E-state index contributed by atoms with van der Waals surface area (Å²) in [7, 11) is 0. The SMILES string of the molecule is O=C(c1ccccc1)N1CCC[C@]2(C[C@H](OCc3ccncc3)CO2)C1. The maximum atomic E-state index is 12.8. The van der Waals surface area contributed by atoms with Crippen LogP contribution in [0.4, 0.5) is 0 Å². The number of benzene rings is 1. The molecule has 2 aromatic rings. The second-order valence-electron chi connectivity index (χ2n) is 7.18. The molecule has 2 aliphatic rings. The van der Waals surface area contributed by atoms with Crippen LogP contribution in [-0.2, 0) is 16.1 Å². The zero-order valence-corrected chi connectivity index (χ0v) is 14.8. The van der Waals surface area contributed by atoms with E-state index in [1.807, 2.05) is 47.4 Å². The molecule has 2 aliphatic heterocycles. The Bertz CT molecular complexity index is 737. The number of nitrogens with zero attached hydrogens (tertiary/aromatic N) is 2. The Morgan fingerprint density at radius 3 is 2.85 bits per heavy atom. The molecule has 0 aliphatic carbocycles. The number of likely N-dealkylation sites (tertiary alicyclic amines) is 1. The van der Waals surface area contributed by atoms with E-state index < -0.39 is 0 Å². The first-order chi connectivity index (χ1) is 12.7. The van der Waals surface area contributed by atoms with Crippen molar-refractivity contribution in [1.82, 2.24) is 9.88 Å². The van der Waals surface area contributed by atoms with Crippen LogP contribution in [0.3, 0.4) is 0 Å². The lowest BCUT2D eigenvalue weighted by Crippen LogP contribution is -2.50. The Morgan fingerprint density at radius 2 is 2.04 bits per heavy atom. The number of ether oxygens (including phenoxy) is 2. The van der Waals surface area contributed by atoms with E-state index in [0.29, 0.717) is 19.8 Å². The monoisotopic (exact) mass is 352 g/mol. The molecule has 26 heavy (non-hydrogen) atoms. The zero-order chi connectivity index (χ0) is 17.8. The van der Waals surface area contributed by atoms with Gasteiger partial charge >= 0.3 is 0 Å². The molecule has 0 saturated carbocycles. The fourth-order valence-electron chi connectivity index (χ4n) is 3.92. The number of carbonyl (C=O) groups is 1. The quantitative estimate of drug-likeness (QED) is 0.849. The Labute approximate surface area is 153 Å². The highest BCUT2D eigenvalue weighted by Crippen LogP contribution is 2.36. The average molecular weight is 352 g/mol. The van der Waals surface area contributed by atoms with Gasteiger partial charge in [-0.15, -0.1) is 0 Å². The third-order valence-corrected chi connectivity index (χ3v) is 5.26. The summed E-state index contributed by atoms with van der Waals surface area (Å²) in [5.74, 6) is 0.0921. The molecule has 0 radical (unpaired) electrons. The molecule has 2 fully saturated rings. The van der Waals surface area contributed by atoms with Crippen LogP contribution < -0.4 is 0 Å². The highest BCUT2D eigenvalue weighted by atomic mass is 16.6. The minimum absolute atomic E-state index is 0.0787. The van der Waals surface area contributed by atoms with Crippen LogP contribution in [0.15, 0.2) is 54.9 Å². The molecule has 2 saturated heterocycles. The highest BCUT2D eigenvalue weighted by Gasteiger charge is 2.45. The molecule has 5 nitrogen and oxygen atoms in total. The van der Waals surface area contributed by atoms with Crippen molar-refractivity contribution in [2.45, 2.75) is 37.6 Å². The molecule has 3 heterocycles. The number of rotatable bonds is 4. The van der Waals surface area contributed by atoms with Gasteiger partial charge in [-0.25, -0.2) is 0 Å². The van der Waals surface area contributed by atoms with Crippen LogP contribution in [0.2, 0.25) is 0 Å². The van der Waals surface area contributed by atoms with E-state index in [9.17, 15) is 4.79 Å². The molecule has 0 unspecified atom stereocenters. The fraction of sp³-hybridized carbons (Fsp3) is 0.429. The summed E-state index contributed by atoms with van der Waals surface area (Å²) in [5.41, 5.74) is 1.60. The summed E-state index contributed by atoms with van der Waals surface area (Å²) in [4.78, 5) is 18.7. The van der Waals surface area contributed by atoms with Gasteiger partial charge in [-0.2, -0.15) is 0 Å².